The Morgan fingerprint density at radius 2 is 1.97 bits per heavy atom. The van der Waals surface area contributed by atoms with Crippen LogP contribution in [0.2, 0.25) is 0 Å². The van der Waals surface area contributed by atoms with Crippen molar-refractivity contribution in [2.45, 2.75) is 20.0 Å². The van der Waals surface area contributed by atoms with E-state index >= 15 is 0 Å². The van der Waals surface area contributed by atoms with Crippen LogP contribution in [-0.4, -0.2) is 20.5 Å². The standard InChI is InChI=1S/C20H15F3N4O2/c1-11-5-3-6-14(12(11)2)26-19(28)13-10-24-27-17(20(21,22)23)9-15(25-18(13)27)16-7-4-8-29-16/h3-10H,1-2H3,(H,26,28). The summed E-state index contributed by atoms with van der Waals surface area (Å²) in [5, 5.41) is 6.47. The first-order valence-corrected chi connectivity index (χ1v) is 8.63. The molecule has 6 nitrogen and oxygen atoms in total. The van der Waals surface area contributed by atoms with Gasteiger partial charge >= 0.3 is 6.18 Å². The first-order chi connectivity index (χ1) is 13.8. The Bertz CT molecular complexity index is 1210. The minimum Gasteiger partial charge on any atom is -0.463 e. The summed E-state index contributed by atoms with van der Waals surface area (Å²) in [6, 6.07) is 9.26. The van der Waals surface area contributed by atoms with E-state index < -0.39 is 17.8 Å². The van der Waals surface area contributed by atoms with Crippen molar-refractivity contribution in [1.29, 1.82) is 0 Å². The Hall–Kier alpha value is -3.62. The fourth-order valence-corrected chi connectivity index (χ4v) is 2.95. The predicted octanol–water partition coefficient (Wildman–Crippen LogP) is 4.88. The van der Waals surface area contributed by atoms with Crippen LogP contribution in [0, 0.1) is 13.8 Å². The molecule has 4 aromatic rings. The summed E-state index contributed by atoms with van der Waals surface area (Å²) in [5.41, 5.74) is 1.00. The number of alkyl halides is 3. The van der Waals surface area contributed by atoms with Crippen molar-refractivity contribution in [3.05, 3.63) is 71.2 Å². The zero-order chi connectivity index (χ0) is 20.8. The molecular formula is C20H15F3N4O2. The number of benzene rings is 1. The normalized spacial score (nSPS) is 11.8. The second kappa shape index (κ2) is 6.77. The smallest absolute Gasteiger partial charge is 0.433 e. The van der Waals surface area contributed by atoms with Crippen LogP contribution in [-0.2, 0) is 6.18 Å². The highest BCUT2D eigenvalue weighted by Gasteiger charge is 2.36. The van der Waals surface area contributed by atoms with Gasteiger partial charge in [0.15, 0.2) is 17.1 Å². The van der Waals surface area contributed by atoms with Crippen molar-refractivity contribution in [1.82, 2.24) is 14.6 Å². The summed E-state index contributed by atoms with van der Waals surface area (Å²) in [6.07, 6.45) is -2.29. The van der Waals surface area contributed by atoms with E-state index in [0.29, 0.717) is 10.2 Å². The van der Waals surface area contributed by atoms with E-state index in [1.165, 1.54) is 12.3 Å². The average molecular weight is 400 g/mol. The molecule has 0 saturated heterocycles. The van der Waals surface area contributed by atoms with Crippen molar-refractivity contribution in [3.8, 4) is 11.5 Å². The molecule has 0 radical (unpaired) electrons. The molecular weight excluding hydrogens is 385 g/mol. The zero-order valence-corrected chi connectivity index (χ0v) is 15.4. The van der Waals surface area contributed by atoms with Gasteiger partial charge in [0.1, 0.15) is 11.3 Å². The van der Waals surface area contributed by atoms with Crippen LogP contribution >= 0.6 is 0 Å². The van der Waals surface area contributed by atoms with E-state index in [4.69, 9.17) is 4.42 Å². The molecule has 0 aliphatic carbocycles. The summed E-state index contributed by atoms with van der Waals surface area (Å²) >= 11 is 0. The second-order valence-electron chi connectivity index (χ2n) is 6.50. The molecule has 0 spiro atoms. The van der Waals surface area contributed by atoms with E-state index in [1.807, 2.05) is 19.9 Å². The molecule has 0 atom stereocenters. The summed E-state index contributed by atoms with van der Waals surface area (Å²) in [7, 11) is 0. The molecule has 1 amide bonds. The summed E-state index contributed by atoms with van der Waals surface area (Å²) in [6.45, 7) is 3.74. The zero-order valence-electron chi connectivity index (χ0n) is 15.4. The number of aryl methyl sites for hydroxylation is 1. The maximum Gasteiger partial charge on any atom is 0.433 e. The number of aromatic nitrogens is 3. The molecule has 3 heterocycles. The number of carbonyl (C=O) groups is 1. The lowest BCUT2D eigenvalue weighted by atomic mass is 10.1. The van der Waals surface area contributed by atoms with Crippen LogP contribution in [0.1, 0.15) is 27.2 Å². The molecule has 1 aromatic carbocycles. The SMILES string of the molecule is Cc1cccc(NC(=O)c2cnn3c(C(F)(F)F)cc(-c4ccco4)nc23)c1C. The third kappa shape index (κ3) is 3.35. The van der Waals surface area contributed by atoms with E-state index in [1.54, 1.807) is 18.2 Å². The molecule has 0 unspecified atom stereocenters. The second-order valence-corrected chi connectivity index (χ2v) is 6.50. The van der Waals surface area contributed by atoms with Gasteiger partial charge in [0.25, 0.3) is 5.91 Å². The average Bonchev–Trinajstić information content (AvgIpc) is 3.33. The summed E-state index contributed by atoms with van der Waals surface area (Å²) in [5.74, 6) is -0.453. The number of anilines is 1. The molecule has 29 heavy (non-hydrogen) atoms. The molecule has 9 heteroatoms. The molecule has 3 aromatic heterocycles. The number of nitrogens with one attached hydrogen (secondary N) is 1. The van der Waals surface area contributed by atoms with Gasteiger partial charge in [0, 0.05) is 5.69 Å². The highest BCUT2D eigenvalue weighted by Crippen LogP contribution is 2.33. The van der Waals surface area contributed by atoms with E-state index in [-0.39, 0.29) is 22.7 Å². The van der Waals surface area contributed by atoms with Crippen LogP contribution in [0.5, 0.6) is 0 Å². The first-order valence-electron chi connectivity index (χ1n) is 8.63. The molecule has 0 aliphatic rings. The van der Waals surface area contributed by atoms with Crippen molar-refractivity contribution in [2.75, 3.05) is 5.32 Å². The number of amides is 1. The molecule has 4 rings (SSSR count). The largest absolute Gasteiger partial charge is 0.463 e. The van der Waals surface area contributed by atoms with Gasteiger partial charge in [-0.15, -0.1) is 0 Å². The van der Waals surface area contributed by atoms with Gasteiger partial charge in [-0.2, -0.15) is 18.3 Å². The lowest BCUT2D eigenvalue weighted by molar-refractivity contribution is -0.142. The number of hydrogen-bond acceptors (Lipinski definition) is 4. The van der Waals surface area contributed by atoms with Crippen LogP contribution in [0.15, 0.2) is 53.3 Å². The van der Waals surface area contributed by atoms with Gasteiger partial charge in [0.05, 0.1) is 12.5 Å². The number of rotatable bonds is 3. The molecule has 0 saturated carbocycles. The lowest BCUT2D eigenvalue weighted by Crippen LogP contribution is -2.16. The van der Waals surface area contributed by atoms with Gasteiger partial charge in [0.2, 0.25) is 0 Å². The van der Waals surface area contributed by atoms with Crippen molar-refractivity contribution < 1.29 is 22.4 Å². The van der Waals surface area contributed by atoms with Gasteiger partial charge in [-0.25, -0.2) is 9.50 Å². The molecule has 0 fully saturated rings. The van der Waals surface area contributed by atoms with Crippen molar-refractivity contribution in [2.24, 2.45) is 0 Å². The lowest BCUT2D eigenvalue weighted by Gasteiger charge is -2.11. The van der Waals surface area contributed by atoms with E-state index in [9.17, 15) is 18.0 Å². The van der Waals surface area contributed by atoms with E-state index in [0.717, 1.165) is 23.4 Å². The molecule has 0 aliphatic heterocycles. The Morgan fingerprint density at radius 3 is 2.66 bits per heavy atom. The number of nitrogens with zero attached hydrogens (tertiary/aromatic N) is 3. The van der Waals surface area contributed by atoms with Crippen LogP contribution in [0.4, 0.5) is 18.9 Å². The highest BCUT2D eigenvalue weighted by atomic mass is 19.4. The molecule has 0 bridgehead atoms. The Morgan fingerprint density at radius 1 is 1.17 bits per heavy atom. The van der Waals surface area contributed by atoms with Crippen LogP contribution in [0.25, 0.3) is 17.1 Å². The number of furan rings is 1. The molecule has 1 N–H and O–H groups in total. The summed E-state index contributed by atoms with van der Waals surface area (Å²) in [4.78, 5) is 17.0. The third-order valence-electron chi connectivity index (χ3n) is 4.63. The molecule has 148 valence electrons. The van der Waals surface area contributed by atoms with Crippen molar-refractivity contribution in [3.63, 3.8) is 0 Å². The van der Waals surface area contributed by atoms with Gasteiger partial charge < -0.3 is 9.73 Å². The number of halogens is 3. The van der Waals surface area contributed by atoms with Gasteiger partial charge in [-0.05, 0) is 49.2 Å². The Kier molecular flexibility index (Phi) is 4.37. The quantitative estimate of drug-likeness (QED) is 0.532. The highest BCUT2D eigenvalue weighted by molar-refractivity contribution is 6.08. The number of carbonyl (C=O) groups excluding carboxylic acids is 1. The van der Waals surface area contributed by atoms with Crippen LogP contribution < -0.4 is 5.32 Å². The monoisotopic (exact) mass is 400 g/mol. The van der Waals surface area contributed by atoms with Gasteiger partial charge in [-0.1, -0.05) is 12.1 Å². The van der Waals surface area contributed by atoms with Crippen LogP contribution in [0.3, 0.4) is 0 Å². The topological polar surface area (TPSA) is 72.4 Å². The van der Waals surface area contributed by atoms with Gasteiger partial charge in [-0.3, -0.25) is 4.79 Å². The number of fused-ring (bicyclic) bond motifs is 1. The summed E-state index contributed by atoms with van der Waals surface area (Å²) < 4.78 is 46.5. The minimum atomic E-state index is -4.70. The fraction of sp³-hybridized carbons (Fsp3) is 0.150. The Labute approximate surface area is 163 Å². The maximum atomic E-state index is 13.6. The fourth-order valence-electron chi connectivity index (χ4n) is 2.95. The van der Waals surface area contributed by atoms with E-state index in [2.05, 4.69) is 15.4 Å². The predicted molar refractivity (Wildman–Crippen MR) is 99.6 cm³/mol. The minimum absolute atomic E-state index is 0.0453. The number of hydrogen-bond donors (Lipinski definition) is 1. The van der Waals surface area contributed by atoms with Crippen molar-refractivity contribution >= 4 is 17.2 Å². The maximum absolute atomic E-state index is 13.6. The Balaban J connectivity index is 1.84. The third-order valence-corrected chi connectivity index (χ3v) is 4.63. The first kappa shape index (κ1) is 18.7.